The zero-order chi connectivity index (χ0) is 26.0. The lowest BCUT2D eigenvalue weighted by Crippen LogP contribution is -1.99. The molecule has 0 aliphatic carbocycles. The lowest BCUT2D eigenvalue weighted by atomic mass is 10.1. The minimum Gasteiger partial charge on any atom is -0.494 e. The van der Waals surface area contributed by atoms with E-state index in [1.807, 2.05) is 48.8 Å². The van der Waals surface area contributed by atoms with Gasteiger partial charge in [0, 0.05) is 18.0 Å². The first kappa shape index (κ1) is 28.7. The molecule has 0 N–H and O–H groups in total. The molecule has 200 valence electrons. The van der Waals surface area contributed by atoms with Crippen molar-refractivity contribution in [1.82, 2.24) is 9.97 Å². The second kappa shape index (κ2) is 17.6. The molecule has 0 aliphatic heterocycles. The van der Waals surface area contributed by atoms with Crippen LogP contribution in [-0.2, 0) is 13.0 Å². The monoisotopic (exact) mass is 502 g/mol. The molecule has 0 bridgehead atoms. The maximum atomic E-state index is 5.98. The lowest BCUT2D eigenvalue weighted by molar-refractivity contribution is 0.300. The quantitative estimate of drug-likeness (QED) is 0.153. The number of nitrogens with zero attached hydrogens (tertiary/aromatic N) is 2. The smallest absolute Gasteiger partial charge is 0.159 e. The number of rotatable bonds is 19. The number of aryl methyl sites for hydroxylation is 1. The van der Waals surface area contributed by atoms with Crippen molar-refractivity contribution in [3.63, 3.8) is 0 Å². The summed E-state index contributed by atoms with van der Waals surface area (Å²) in [7, 11) is 0. The Balaban J connectivity index is 1.36. The standard InChI is InChI=1S/C33H46N2O2/c1-3-5-7-9-11-13-15-29-25-34-33(35-26-29)30-18-22-32(23-19-30)37-27-28-16-20-31(21-17-28)36-24-14-12-10-8-6-4-2/h16-23,25-26H,3-15,24,27H2,1-2H3. The zero-order valence-electron chi connectivity index (χ0n) is 23.1. The molecule has 2 aromatic carbocycles. The first-order valence-electron chi connectivity index (χ1n) is 14.5. The third kappa shape index (κ3) is 11.4. The van der Waals surface area contributed by atoms with Gasteiger partial charge in [-0.2, -0.15) is 0 Å². The maximum absolute atomic E-state index is 5.98. The van der Waals surface area contributed by atoms with Crippen molar-refractivity contribution in [3.05, 3.63) is 72.1 Å². The Morgan fingerprint density at radius 2 is 1.08 bits per heavy atom. The van der Waals surface area contributed by atoms with Crippen molar-refractivity contribution in [2.24, 2.45) is 0 Å². The van der Waals surface area contributed by atoms with Crippen LogP contribution < -0.4 is 9.47 Å². The molecule has 0 spiro atoms. The van der Waals surface area contributed by atoms with Crippen LogP contribution in [0.3, 0.4) is 0 Å². The van der Waals surface area contributed by atoms with Crippen molar-refractivity contribution in [1.29, 1.82) is 0 Å². The van der Waals surface area contributed by atoms with Gasteiger partial charge >= 0.3 is 0 Å². The fraction of sp³-hybridized carbons (Fsp3) is 0.515. The third-order valence-corrected chi connectivity index (χ3v) is 6.73. The predicted molar refractivity (Wildman–Crippen MR) is 154 cm³/mol. The topological polar surface area (TPSA) is 44.2 Å². The fourth-order valence-corrected chi connectivity index (χ4v) is 4.36. The van der Waals surface area contributed by atoms with Crippen LogP contribution in [0.5, 0.6) is 11.5 Å². The van der Waals surface area contributed by atoms with Crippen LogP contribution in [0.2, 0.25) is 0 Å². The summed E-state index contributed by atoms with van der Waals surface area (Å²) in [4.78, 5) is 9.18. The summed E-state index contributed by atoms with van der Waals surface area (Å²) < 4.78 is 11.9. The number of benzene rings is 2. The minimum atomic E-state index is 0.528. The van der Waals surface area contributed by atoms with E-state index >= 15 is 0 Å². The van der Waals surface area contributed by atoms with E-state index in [-0.39, 0.29) is 0 Å². The summed E-state index contributed by atoms with van der Waals surface area (Å²) in [5.74, 6) is 2.53. The fourth-order valence-electron chi connectivity index (χ4n) is 4.36. The summed E-state index contributed by atoms with van der Waals surface area (Å²) in [6.07, 6.45) is 20.5. The molecule has 0 saturated heterocycles. The van der Waals surface area contributed by atoms with Gasteiger partial charge in [0.25, 0.3) is 0 Å². The average Bonchev–Trinajstić information content (AvgIpc) is 2.94. The predicted octanol–water partition coefficient (Wildman–Crippen LogP) is 9.36. The van der Waals surface area contributed by atoms with E-state index in [1.54, 1.807) is 0 Å². The normalized spacial score (nSPS) is 11.0. The van der Waals surface area contributed by atoms with E-state index in [2.05, 4.69) is 35.9 Å². The van der Waals surface area contributed by atoms with Crippen LogP contribution in [0, 0.1) is 0 Å². The molecule has 1 heterocycles. The van der Waals surface area contributed by atoms with Gasteiger partial charge in [0.2, 0.25) is 0 Å². The first-order chi connectivity index (χ1) is 18.3. The van der Waals surface area contributed by atoms with Crippen molar-refractivity contribution in [2.45, 2.75) is 104 Å². The SMILES string of the molecule is CCCCCCCCOc1ccc(COc2ccc(-c3ncc(CCCCCCCC)cn3)cc2)cc1. The van der Waals surface area contributed by atoms with Gasteiger partial charge in [0.1, 0.15) is 18.1 Å². The Bertz CT molecular complexity index is 969. The van der Waals surface area contributed by atoms with E-state index < -0.39 is 0 Å². The van der Waals surface area contributed by atoms with Crippen molar-refractivity contribution in [2.75, 3.05) is 6.61 Å². The molecule has 0 amide bonds. The second-order valence-corrected chi connectivity index (χ2v) is 10.0. The van der Waals surface area contributed by atoms with Gasteiger partial charge in [-0.1, -0.05) is 90.2 Å². The minimum absolute atomic E-state index is 0.528. The van der Waals surface area contributed by atoms with Crippen LogP contribution in [0.1, 0.15) is 102 Å². The van der Waals surface area contributed by atoms with Gasteiger partial charge in [-0.15, -0.1) is 0 Å². The number of ether oxygens (including phenoxy) is 2. The Hall–Kier alpha value is -2.88. The summed E-state index contributed by atoms with van der Waals surface area (Å²) in [6.45, 7) is 5.83. The molecule has 0 unspecified atom stereocenters. The van der Waals surface area contributed by atoms with Crippen molar-refractivity contribution >= 4 is 0 Å². The molecule has 0 saturated carbocycles. The summed E-state index contributed by atoms with van der Waals surface area (Å²) in [6, 6.07) is 16.2. The van der Waals surface area contributed by atoms with Crippen LogP contribution in [-0.4, -0.2) is 16.6 Å². The Labute approximate surface area is 224 Å². The van der Waals surface area contributed by atoms with E-state index in [0.717, 1.165) is 47.9 Å². The molecule has 4 nitrogen and oxygen atoms in total. The van der Waals surface area contributed by atoms with Gasteiger partial charge in [-0.3, -0.25) is 0 Å². The number of hydrogen-bond acceptors (Lipinski definition) is 4. The molecule has 0 atom stereocenters. The zero-order valence-corrected chi connectivity index (χ0v) is 23.1. The van der Waals surface area contributed by atoms with Gasteiger partial charge in [-0.05, 0) is 66.8 Å². The highest BCUT2D eigenvalue weighted by Gasteiger charge is 2.04. The summed E-state index contributed by atoms with van der Waals surface area (Å²) in [5, 5.41) is 0. The van der Waals surface area contributed by atoms with Gasteiger partial charge in [0.05, 0.1) is 6.61 Å². The Kier molecular flexibility index (Phi) is 13.6. The second-order valence-electron chi connectivity index (χ2n) is 10.0. The Morgan fingerprint density at radius 3 is 1.73 bits per heavy atom. The third-order valence-electron chi connectivity index (χ3n) is 6.73. The van der Waals surface area contributed by atoms with Gasteiger partial charge < -0.3 is 9.47 Å². The van der Waals surface area contributed by atoms with Crippen molar-refractivity contribution < 1.29 is 9.47 Å². The molecule has 1 aromatic heterocycles. The van der Waals surface area contributed by atoms with Crippen LogP contribution in [0.15, 0.2) is 60.9 Å². The lowest BCUT2D eigenvalue weighted by Gasteiger charge is -2.09. The summed E-state index contributed by atoms with van der Waals surface area (Å²) >= 11 is 0. The van der Waals surface area contributed by atoms with Crippen LogP contribution >= 0.6 is 0 Å². The first-order valence-corrected chi connectivity index (χ1v) is 14.5. The molecule has 37 heavy (non-hydrogen) atoms. The number of aromatic nitrogens is 2. The number of unbranched alkanes of at least 4 members (excludes halogenated alkanes) is 10. The highest BCUT2D eigenvalue weighted by molar-refractivity contribution is 5.55. The van der Waals surface area contributed by atoms with E-state index in [4.69, 9.17) is 9.47 Å². The van der Waals surface area contributed by atoms with E-state index in [1.165, 1.54) is 76.2 Å². The van der Waals surface area contributed by atoms with Gasteiger partial charge in [-0.25, -0.2) is 9.97 Å². The highest BCUT2D eigenvalue weighted by Crippen LogP contribution is 2.21. The molecular weight excluding hydrogens is 456 g/mol. The maximum Gasteiger partial charge on any atom is 0.159 e. The van der Waals surface area contributed by atoms with Crippen LogP contribution in [0.4, 0.5) is 0 Å². The van der Waals surface area contributed by atoms with Crippen molar-refractivity contribution in [3.8, 4) is 22.9 Å². The summed E-state index contributed by atoms with van der Waals surface area (Å²) in [5.41, 5.74) is 3.35. The molecular formula is C33H46N2O2. The molecule has 3 rings (SSSR count). The molecule has 4 heteroatoms. The average molecular weight is 503 g/mol. The largest absolute Gasteiger partial charge is 0.494 e. The van der Waals surface area contributed by atoms with E-state index in [0.29, 0.717) is 6.61 Å². The molecule has 0 fully saturated rings. The Morgan fingerprint density at radius 1 is 0.541 bits per heavy atom. The molecule has 3 aromatic rings. The molecule has 0 radical (unpaired) electrons. The number of hydrogen-bond donors (Lipinski definition) is 0. The van der Waals surface area contributed by atoms with E-state index in [9.17, 15) is 0 Å². The molecule has 0 aliphatic rings. The highest BCUT2D eigenvalue weighted by atomic mass is 16.5. The van der Waals surface area contributed by atoms with Gasteiger partial charge in [0.15, 0.2) is 5.82 Å². The van der Waals surface area contributed by atoms with Crippen LogP contribution in [0.25, 0.3) is 11.4 Å².